The lowest BCUT2D eigenvalue weighted by atomic mass is 9.94. The van der Waals surface area contributed by atoms with Gasteiger partial charge in [0.15, 0.2) is 0 Å². The second-order valence-electron chi connectivity index (χ2n) is 5.13. The van der Waals surface area contributed by atoms with Gasteiger partial charge in [0.25, 0.3) is 0 Å². The Labute approximate surface area is 106 Å². The summed E-state index contributed by atoms with van der Waals surface area (Å²) in [5, 5.41) is 3.41. The van der Waals surface area contributed by atoms with Crippen molar-refractivity contribution in [3.05, 3.63) is 0 Å². The van der Waals surface area contributed by atoms with Crippen LogP contribution >= 0.6 is 0 Å². The fraction of sp³-hybridized carbons (Fsp3) is 0.929. The number of hydrogen-bond acceptors (Lipinski definition) is 2. The molecule has 1 aliphatic rings. The molecule has 1 unspecified atom stereocenters. The first-order valence-electron chi connectivity index (χ1n) is 7.26. The molecule has 1 N–H and O–H groups in total. The molecule has 1 amide bonds. The summed E-state index contributed by atoms with van der Waals surface area (Å²) in [6.45, 7) is 8.39. The zero-order chi connectivity index (χ0) is 12.5. The van der Waals surface area contributed by atoms with Crippen LogP contribution in [-0.4, -0.2) is 37.0 Å². The van der Waals surface area contributed by atoms with Gasteiger partial charge in [-0.05, 0) is 51.1 Å². The van der Waals surface area contributed by atoms with Crippen molar-refractivity contribution in [3.63, 3.8) is 0 Å². The van der Waals surface area contributed by atoms with Gasteiger partial charge in [-0.1, -0.05) is 13.8 Å². The molecule has 1 saturated heterocycles. The lowest BCUT2D eigenvalue weighted by Crippen LogP contribution is -2.34. The van der Waals surface area contributed by atoms with Crippen molar-refractivity contribution in [2.24, 2.45) is 5.92 Å². The van der Waals surface area contributed by atoms with Gasteiger partial charge in [0.2, 0.25) is 5.91 Å². The maximum atomic E-state index is 12.1. The number of piperidine rings is 1. The molecule has 0 aromatic rings. The molecule has 0 aromatic carbocycles. The Hall–Kier alpha value is -0.570. The third-order valence-electron chi connectivity index (χ3n) is 3.51. The Morgan fingerprint density at radius 3 is 2.53 bits per heavy atom. The van der Waals surface area contributed by atoms with Gasteiger partial charge in [0, 0.05) is 19.5 Å². The Morgan fingerprint density at radius 1 is 1.29 bits per heavy atom. The highest BCUT2D eigenvalue weighted by Crippen LogP contribution is 2.16. The van der Waals surface area contributed by atoms with E-state index < -0.39 is 0 Å². The SMILES string of the molecule is CCCN(CCC)C(=O)CCC1CCCNC1. The van der Waals surface area contributed by atoms with Gasteiger partial charge in [-0.2, -0.15) is 0 Å². The first-order chi connectivity index (χ1) is 8.27. The number of amides is 1. The molecule has 0 bridgehead atoms. The van der Waals surface area contributed by atoms with Crippen molar-refractivity contribution in [2.75, 3.05) is 26.2 Å². The monoisotopic (exact) mass is 240 g/mol. The van der Waals surface area contributed by atoms with E-state index in [1.54, 1.807) is 0 Å². The highest BCUT2D eigenvalue weighted by Gasteiger charge is 2.17. The molecule has 1 aliphatic heterocycles. The number of nitrogens with one attached hydrogen (secondary N) is 1. The third kappa shape index (κ3) is 5.53. The van der Waals surface area contributed by atoms with Gasteiger partial charge >= 0.3 is 0 Å². The Bertz CT molecular complexity index is 206. The predicted octanol–water partition coefficient (Wildman–Crippen LogP) is 2.41. The predicted molar refractivity (Wildman–Crippen MR) is 72.0 cm³/mol. The van der Waals surface area contributed by atoms with E-state index >= 15 is 0 Å². The molecule has 17 heavy (non-hydrogen) atoms. The topological polar surface area (TPSA) is 32.3 Å². The maximum Gasteiger partial charge on any atom is 0.222 e. The Kier molecular flexibility index (Phi) is 7.25. The fourth-order valence-electron chi connectivity index (χ4n) is 2.56. The van der Waals surface area contributed by atoms with Gasteiger partial charge in [-0.3, -0.25) is 4.79 Å². The molecule has 0 aromatic heterocycles. The first-order valence-corrected chi connectivity index (χ1v) is 7.26. The number of carbonyl (C=O) groups excluding carboxylic acids is 1. The van der Waals surface area contributed by atoms with Gasteiger partial charge in [-0.25, -0.2) is 0 Å². The molecular weight excluding hydrogens is 212 g/mol. The molecule has 0 saturated carbocycles. The number of nitrogens with zero attached hydrogens (tertiary/aromatic N) is 1. The molecule has 0 spiro atoms. The van der Waals surface area contributed by atoms with E-state index in [4.69, 9.17) is 0 Å². The quantitative estimate of drug-likeness (QED) is 0.741. The van der Waals surface area contributed by atoms with Crippen molar-refractivity contribution in [3.8, 4) is 0 Å². The molecule has 0 aliphatic carbocycles. The van der Waals surface area contributed by atoms with Crippen molar-refractivity contribution >= 4 is 5.91 Å². The molecule has 1 atom stereocenters. The second kappa shape index (κ2) is 8.51. The first kappa shape index (κ1) is 14.5. The molecule has 3 nitrogen and oxygen atoms in total. The highest BCUT2D eigenvalue weighted by atomic mass is 16.2. The number of carbonyl (C=O) groups is 1. The number of hydrogen-bond donors (Lipinski definition) is 1. The minimum atomic E-state index is 0.360. The van der Waals surface area contributed by atoms with Crippen LogP contribution in [0.25, 0.3) is 0 Å². The van der Waals surface area contributed by atoms with E-state index in [0.29, 0.717) is 5.91 Å². The second-order valence-corrected chi connectivity index (χ2v) is 5.13. The molecule has 3 heteroatoms. The summed E-state index contributed by atoms with van der Waals surface area (Å²) in [7, 11) is 0. The van der Waals surface area contributed by atoms with E-state index in [-0.39, 0.29) is 0 Å². The van der Waals surface area contributed by atoms with Crippen LogP contribution in [0.1, 0.15) is 52.4 Å². The fourth-order valence-corrected chi connectivity index (χ4v) is 2.56. The summed E-state index contributed by atoms with van der Waals surface area (Å²) in [6.07, 6.45) is 6.50. The van der Waals surface area contributed by atoms with Gasteiger partial charge < -0.3 is 10.2 Å². The van der Waals surface area contributed by atoms with Crippen molar-refractivity contribution in [1.82, 2.24) is 10.2 Å². The van der Waals surface area contributed by atoms with E-state index in [1.807, 2.05) is 4.90 Å². The van der Waals surface area contributed by atoms with Gasteiger partial charge in [0.05, 0.1) is 0 Å². The van der Waals surface area contributed by atoms with Crippen LogP contribution < -0.4 is 5.32 Å². The Balaban J connectivity index is 2.25. The van der Waals surface area contributed by atoms with Gasteiger partial charge in [-0.15, -0.1) is 0 Å². The smallest absolute Gasteiger partial charge is 0.222 e. The van der Waals surface area contributed by atoms with E-state index in [0.717, 1.165) is 57.8 Å². The largest absolute Gasteiger partial charge is 0.343 e. The third-order valence-corrected chi connectivity index (χ3v) is 3.51. The summed E-state index contributed by atoms with van der Waals surface area (Å²) >= 11 is 0. The normalized spacial score (nSPS) is 20.2. The van der Waals surface area contributed by atoms with E-state index in [1.165, 1.54) is 12.8 Å². The van der Waals surface area contributed by atoms with Crippen LogP contribution in [0.4, 0.5) is 0 Å². The highest BCUT2D eigenvalue weighted by molar-refractivity contribution is 5.76. The van der Waals surface area contributed by atoms with Crippen LogP contribution in [0.2, 0.25) is 0 Å². The molecular formula is C14H28N2O. The zero-order valence-corrected chi connectivity index (χ0v) is 11.5. The van der Waals surface area contributed by atoms with Crippen LogP contribution in [0.3, 0.4) is 0 Å². The van der Waals surface area contributed by atoms with Crippen molar-refractivity contribution < 1.29 is 4.79 Å². The van der Waals surface area contributed by atoms with Crippen molar-refractivity contribution in [1.29, 1.82) is 0 Å². The summed E-state index contributed by atoms with van der Waals surface area (Å²) in [5.41, 5.74) is 0. The van der Waals surface area contributed by atoms with E-state index in [2.05, 4.69) is 19.2 Å². The molecule has 1 heterocycles. The molecule has 0 radical (unpaired) electrons. The zero-order valence-electron chi connectivity index (χ0n) is 11.5. The maximum absolute atomic E-state index is 12.1. The summed E-state index contributed by atoms with van der Waals surface area (Å²) in [4.78, 5) is 14.1. The Morgan fingerprint density at radius 2 is 2.00 bits per heavy atom. The number of rotatable bonds is 7. The average Bonchev–Trinajstić information content (AvgIpc) is 2.37. The van der Waals surface area contributed by atoms with Crippen molar-refractivity contribution in [2.45, 2.75) is 52.4 Å². The van der Waals surface area contributed by atoms with Gasteiger partial charge in [0.1, 0.15) is 0 Å². The van der Waals surface area contributed by atoms with Crippen LogP contribution in [-0.2, 0) is 4.79 Å². The molecule has 1 fully saturated rings. The van der Waals surface area contributed by atoms with Crippen LogP contribution in [0.5, 0.6) is 0 Å². The van der Waals surface area contributed by atoms with E-state index in [9.17, 15) is 4.79 Å². The molecule has 100 valence electrons. The molecule has 1 rings (SSSR count). The summed E-state index contributed by atoms with van der Waals surface area (Å²) < 4.78 is 0. The van der Waals surface area contributed by atoms with Crippen LogP contribution in [0.15, 0.2) is 0 Å². The lowest BCUT2D eigenvalue weighted by Gasteiger charge is -2.25. The van der Waals surface area contributed by atoms with Crippen LogP contribution in [0, 0.1) is 5.92 Å². The minimum Gasteiger partial charge on any atom is -0.343 e. The summed E-state index contributed by atoms with van der Waals surface area (Å²) in [5.74, 6) is 1.08. The summed E-state index contributed by atoms with van der Waals surface area (Å²) in [6, 6.07) is 0. The standard InChI is InChI=1S/C14H28N2O/c1-3-10-16(11-4-2)14(17)8-7-13-6-5-9-15-12-13/h13,15H,3-12H2,1-2H3. The minimum absolute atomic E-state index is 0.360. The lowest BCUT2D eigenvalue weighted by molar-refractivity contribution is -0.131. The average molecular weight is 240 g/mol.